The molecule has 0 spiro atoms. The molecule has 0 aliphatic heterocycles. The summed E-state index contributed by atoms with van der Waals surface area (Å²) in [6.45, 7) is -0.232. The molecule has 1 aromatic carbocycles. The van der Waals surface area contributed by atoms with Gasteiger partial charge in [-0.1, -0.05) is 25.7 Å². The average molecular weight is 322 g/mol. The number of benzene rings is 1. The van der Waals surface area contributed by atoms with Gasteiger partial charge in [0.05, 0.1) is 18.1 Å². The number of methoxy groups -OCH3 is 1. The summed E-state index contributed by atoms with van der Waals surface area (Å²) < 4.78 is 10.3. The largest absolute Gasteiger partial charge is 0.496 e. The zero-order valence-corrected chi connectivity index (χ0v) is 13.2. The Labute approximate surface area is 135 Å². The normalized spacial score (nSPS) is 15.5. The minimum atomic E-state index is -0.555. The van der Waals surface area contributed by atoms with Crippen LogP contribution in [0, 0.1) is 10.1 Å². The number of nitro groups is 1. The Bertz CT molecular complexity index is 553. The predicted octanol–water partition coefficient (Wildman–Crippen LogP) is 2.82. The summed E-state index contributed by atoms with van der Waals surface area (Å²) in [4.78, 5) is 22.5. The molecule has 7 heteroatoms. The van der Waals surface area contributed by atoms with Crippen LogP contribution in [0.25, 0.3) is 0 Å². The highest BCUT2D eigenvalue weighted by atomic mass is 16.6. The van der Waals surface area contributed by atoms with Crippen LogP contribution in [0.4, 0.5) is 5.69 Å². The standard InChI is InChI=1S/C16H22N2O5/c1-22-13-8-9-15(14(10-13)18(20)21)23-11-16(19)17-12-6-4-2-3-5-7-12/h8-10,12H,2-7,11H2,1H3,(H,17,19). The molecule has 1 aromatic rings. The number of hydrogen-bond acceptors (Lipinski definition) is 5. The molecule has 0 radical (unpaired) electrons. The molecule has 1 aliphatic rings. The molecular weight excluding hydrogens is 300 g/mol. The van der Waals surface area contributed by atoms with Gasteiger partial charge in [0.25, 0.3) is 5.91 Å². The van der Waals surface area contributed by atoms with E-state index in [4.69, 9.17) is 9.47 Å². The number of carbonyl (C=O) groups excluding carboxylic acids is 1. The molecule has 0 saturated heterocycles. The Morgan fingerprint density at radius 2 is 2.00 bits per heavy atom. The maximum absolute atomic E-state index is 12.0. The Morgan fingerprint density at radius 1 is 1.30 bits per heavy atom. The van der Waals surface area contributed by atoms with Crippen molar-refractivity contribution in [3.8, 4) is 11.5 Å². The molecule has 2 rings (SSSR count). The Morgan fingerprint density at radius 3 is 2.61 bits per heavy atom. The second-order valence-corrected chi connectivity index (χ2v) is 5.64. The quantitative estimate of drug-likeness (QED) is 0.494. The van der Waals surface area contributed by atoms with Crippen LogP contribution in [0.5, 0.6) is 11.5 Å². The molecule has 7 nitrogen and oxygen atoms in total. The molecule has 23 heavy (non-hydrogen) atoms. The van der Waals surface area contributed by atoms with Gasteiger partial charge in [-0.3, -0.25) is 14.9 Å². The summed E-state index contributed by atoms with van der Waals surface area (Å²) in [6, 6.07) is 4.46. The summed E-state index contributed by atoms with van der Waals surface area (Å²) in [7, 11) is 1.43. The van der Waals surface area contributed by atoms with Gasteiger partial charge in [0.15, 0.2) is 12.4 Å². The molecule has 0 unspecified atom stereocenters. The number of ether oxygens (including phenoxy) is 2. The highest BCUT2D eigenvalue weighted by Crippen LogP contribution is 2.30. The van der Waals surface area contributed by atoms with Gasteiger partial charge in [-0.15, -0.1) is 0 Å². The summed E-state index contributed by atoms with van der Waals surface area (Å²) in [5.41, 5.74) is -0.216. The third-order valence-electron chi connectivity index (χ3n) is 3.94. The van der Waals surface area contributed by atoms with Crippen molar-refractivity contribution < 1.29 is 19.2 Å². The number of carbonyl (C=O) groups is 1. The van der Waals surface area contributed by atoms with E-state index >= 15 is 0 Å². The van der Waals surface area contributed by atoms with Crippen LogP contribution in [0.3, 0.4) is 0 Å². The maximum Gasteiger partial charge on any atom is 0.314 e. The lowest BCUT2D eigenvalue weighted by atomic mass is 10.1. The number of hydrogen-bond donors (Lipinski definition) is 1. The van der Waals surface area contributed by atoms with E-state index in [-0.39, 0.29) is 30.0 Å². The van der Waals surface area contributed by atoms with Crippen molar-refractivity contribution in [1.82, 2.24) is 5.32 Å². The highest BCUT2D eigenvalue weighted by Gasteiger charge is 2.19. The van der Waals surface area contributed by atoms with Crippen molar-refractivity contribution in [3.05, 3.63) is 28.3 Å². The second kappa shape index (κ2) is 8.36. The zero-order chi connectivity index (χ0) is 16.7. The van der Waals surface area contributed by atoms with Gasteiger partial charge in [0.2, 0.25) is 0 Å². The van der Waals surface area contributed by atoms with Crippen molar-refractivity contribution in [1.29, 1.82) is 0 Å². The second-order valence-electron chi connectivity index (χ2n) is 5.64. The van der Waals surface area contributed by atoms with Crippen molar-refractivity contribution in [2.45, 2.75) is 44.6 Å². The fraction of sp³-hybridized carbons (Fsp3) is 0.562. The van der Waals surface area contributed by atoms with Crippen LogP contribution in [-0.2, 0) is 4.79 Å². The van der Waals surface area contributed by atoms with E-state index in [1.807, 2.05) is 0 Å². The topological polar surface area (TPSA) is 90.7 Å². The first-order valence-electron chi connectivity index (χ1n) is 7.84. The van der Waals surface area contributed by atoms with Gasteiger partial charge in [0.1, 0.15) is 5.75 Å². The molecule has 0 aromatic heterocycles. The van der Waals surface area contributed by atoms with E-state index in [2.05, 4.69) is 5.32 Å². The smallest absolute Gasteiger partial charge is 0.314 e. The van der Waals surface area contributed by atoms with E-state index in [1.54, 1.807) is 6.07 Å². The van der Waals surface area contributed by atoms with E-state index in [1.165, 1.54) is 32.1 Å². The monoisotopic (exact) mass is 322 g/mol. The van der Waals surface area contributed by atoms with Crippen LogP contribution in [-0.4, -0.2) is 30.6 Å². The van der Waals surface area contributed by atoms with Crippen molar-refractivity contribution >= 4 is 11.6 Å². The van der Waals surface area contributed by atoms with Crippen LogP contribution in [0.2, 0.25) is 0 Å². The molecule has 1 fully saturated rings. The maximum atomic E-state index is 12.0. The van der Waals surface area contributed by atoms with Gasteiger partial charge in [-0.25, -0.2) is 0 Å². The molecule has 0 bridgehead atoms. The molecule has 0 atom stereocenters. The van der Waals surface area contributed by atoms with Crippen LogP contribution >= 0.6 is 0 Å². The van der Waals surface area contributed by atoms with Crippen LogP contribution in [0.15, 0.2) is 18.2 Å². The third kappa shape index (κ3) is 5.12. The molecule has 1 saturated carbocycles. The molecule has 126 valence electrons. The van der Waals surface area contributed by atoms with Gasteiger partial charge < -0.3 is 14.8 Å². The summed E-state index contributed by atoms with van der Waals surface area (Å²) in [5, 5.41) is 14.0. The van der Waals surface area contributed by atoms with E-state index in [0.717, 1.165) is 25.7 Å². The average Bonchev–Trinajstić information content (AvgIpc) is 2.81. The minimum Gasteiger partial charge on any atom is -0.496 e. The first-order valence-corrected chi connectivity index (χ1v) is 7.84. The van der Waals surface area contributed by atoms with Gasteiger partial charge >= 0.3 is 5.69 Å². The van der Waals surface area contributed by atoms with Crippen LogP contribution in [0.1, 0.15) is 38.5 Å². The SMILES string of the molecule is COc1ccc(OCC(=O)NC2CCCCCC2)c([N+](=O)[O-])c1. The number of nitro benzene ring substituents is 1. The molecule has 1 aliphatic carbocycles. The molecule has 1 N–H and O–H groups in total. The fourth-order valence-corrected chi connectivity index (χ4v) is 2.73. The van der Waals surface area contributed by atoms with Crippen molar-refractivity contribution in [3.63, 3.8) is 0 Å². The lowest BCUT2D eigenvalue weighted by Gasteiger charge is -2.16. The molecular formula is C16H22N2O5. The Hall–Kier alpha value is -2.31. The summed E-state index contributed by atoms with van der Waals surface area (Å²) in [5.74, 6) is 0.181. The Kier molecular flexibility index (Phi) is 6.19. The fourth-order valence-electron chi connectivity index (χ4n) is 2.73. The first kappa shape index (κ1) is 17.1. The number of rotatable bonds is 6. The highest BCUT2D eigenvalue weighted by molar-refractivity contribution is 5.78. The predicted molar refractivity (Wildman–Crippen MR) is 84.8 cm³/mol. The lowest BCUT2D eigenvalue weighted by Crippen LogP contribution is -2.37. The van der Waals surface area contributed by atoms with E-state index in [0.29, 0.717) is 5.75 Å². The molecule has 0 heterocycles. The Balaban J connectivity index is 1.91. The van der Waals surface area contributed by atoms with E-state index in [9.17, 15) is 14.9 Å². The minimum absolute atomic E-state index is 0.0619. The van der Waals surface area contributed by atoms with Crippen LogP contribution < -0.4 is 14.8 Å². The van der Waals surface area contributed by atoms with Crippen molar-refractivity contribution in [2.24, 2.45) is 0 Å². The summed E-state index contributed by atoms with van der Waals surface area (Å²) >= 11 is 0. The van der Waals surface area contributed by atoms with Crippen molar-refractivity contribution in [2.75, 3.05) is 13.7 Å². The first-order chi connectivity index (χ1) is 11.1. The molecule has 1 amide bonds. The summed E-state index contributed by atoms with van der Waals surface area (Å²) in [6.07, 6.45) is 6.62. The number of nitrogens with zero attached hydrogens (tertiary/aromatic N) is 1. The third-order valence-corrected chi connectivity index (χ3v) is 3.94. The number of nitrogens with one attached hydrogen (secondary N) is 1. The van der Waals surface area contributed by atoms with Gasteiger partial charge in [0, 0.05) is 6.04 Å². The van der Waals surface area contributed by atoms with Gasteiger partial charge in [-0.2, -0.15) is 0 Å². The zero-order valence-electron chi connectivity index (χ0n) is 13.2. The van der Waals surface area contributed by atoms with E-state index < -0.39 is 4.92 Å². The number of amides is 1. The van der Waals surface area contributed by atoms with Gasteiger partial charge in [-0.05, 0) is 25.0 Å². The lowest BCUT2D eigenvalue weighted by molar-refractivity contribution is -0.385.